The van der Waals surface area contributed by atoms with Crippen LogP contribution in [0.25, 0.3) is 0 Å². The maximum Gasteiger partial charge on any atom is 0.227 e. The Labute approximate surface area is 95.5 Å². The minimum Gasteiger partial charge on any atom is -0.374 e. The Hall–Kier alpha value is -1.95. The van der Waals surface area contributed by atoms with Crippen LogP contribution in [-0.2, 0) is 4.79 Å². The second-order valence-electron chi connectivity index (χ2n) is 3.75. The lowest BCUT2D eigenvalue weighted by molar-refractivity contribution is -0.117. The second-order valence-corrected chi connectivity index (χ2v) is 3.75. The van der Waals surface area contributed by atoms with Crippen molar-refractivity contribution >= 4 is 17.3 Å². The van der Waals surface area contributed by atoms with E-state index >= 15 is 0 Å². The van der Waals surface area contributed by atoms with Crippen molar-refractivity contribution in [3.63, 3.8) is 0 Å². The van der Waals surface area contributed by atoms with Crippen LogP contribution in [0.15, 0.2) is 24.3 Å². The van der Waals surface area contributed by atoms with E-state index in [1.54, 1.807) is 0 Å². The maximum atomic E-state index is 11.5. The van der Waals surface area contributed by atoms with E-state index in [0.717, 1.165) is 24.3 Å². The standard InChI is InChI=1S/C13H14N2O/c1-2-9-14-11-5-7-12(8-6-11)15-10-3-4-13(15)16/h1,5-8,14H,3-4,9-10H2. The van der Waals surface area contributed by atoms with Gasteiger partial charge in [0.25, 0.3) is 0 Å². The third-order valence-electron chi connectivity index (χ3n) is 2.65. The molecule has 3 heteroatoms. The Morgan fingerprint density at radius 3 is 2.69 bits per heavy atom. The first-order valence-corrected chi connectivity index (χ1v) is 5.39. The molecule has 0 spiro atoms. The predicted octanol–water partition coefficient (Wildman–Crippen LogP) is 1.86. The first-order valence-electron chi connectivity index (χ1n) is 5.39. The minimum absolute atomic E-state index is 0.212. The zero-order chi connectivity index (χ0) is 11.4. The number of anilines is 2. The summed E-state index contributed by atoms with van der Waals surface area (Å²) in [7, 11) is 0. The van der Waals surface area contributed by atoms with Crippen molar-refractivity contribution in [3.8, 4) is 12.3 Å². The van der Waals surface area contributed by atoms with E-state index in [2.05, 4.69) is 11.2 Å². The smallest absolute Gasteiger partial charge is 0.227 e. The summed E-state index contributed by atoms with van der Waals surface area (Å²) in [5.41, 5.74) is 1.95. The van der Waals surface area contributed by atoms with Crippen LogP contribution >= 0.6 is 0 Å². The van der Waals surface area contributed by atoms with Crippen molar-refractivity contribution in [1.29, 1.82) is 0 Å². The Kier molecular flexibility index (Phi) is 3.11. The Morgan fingerprint density at radius 1 is 1.38 bits per heavy atom. The van der Waals surface area contributed by atoms with Gasteiger partial charge in [0.05, 0.1) is 6.54 Å². The fourth-order valence-electron chi connectivity index (χ4n) is 1.83. The first kappa shape index (κ1) is 10.6. The fraction of sp³-hybridized carbons (Fsp3) is 0.308. The molecule has 0 atom stereocenters. The van der Waals surface area contributed by atoms with E-state index in [9.17, 15) is 4.79 Å². The largest absolute Gasteiger partial charge is 0.374 e. The van der Waals surface area contributed by atoms with Gasteiger partial charge in [-0.2, -0.15) is 0 Å². The number of hydrogen-bond acceptors (Lipinski definition) is 2. The number of carbonyl (C=O) groups excluding carboxylic acids is 1. The molecule has 1 heterocycles. The highest BCUT2D eigenvalue weighted by atomic mass is 16.2. The zero-order valence-corrected chi connectivity index (χ0v) is 9.07. The average Bonchev–Trinajstić information content (AvgIpc) is 2.74. The lowest BCUT2D eigenvalue weighted by Crippen LogP contribution is -2.23. The van der Waals surface area contributed by atoms with Crippen LogP contribution in [0.4, 0.5) is 11.4 Å². The number of benzene rings is 1. The summed E-state index contributed by atoms with van der Waals surface area (Å²) in [6.07, 6.45) is 6.78. The predicted molar refractivity (Wildman–Crippen MR) is 65.4 cm³/mol. The van der Waals surface area contributed by atoms with Crippen molar-refractivity contribution in [2.45, 2.75) is 12.8 Å². The topological polar surface area (TPSA) is 32.3 Å². The summed E-state index contributed by atoms with van der Waals surface area (Å²) in [5.74, 6) is 2.73. The lowest BCUT2D eigenvalue weighted by Gasteiger charge is -2.15. The summed E-state index contributed by atoms with van der Waals surface area (Å²) in [5, 5.41) is 3.08. The molecule has 1 aliphatic rings. The van der Waals surface area contributed by atoms with Crippen LogP contribution in [-0.4, -0.2) is 19.0 Å². The fourth-order valence-corrected chi connectivity index (χ4v) is 1.83. The van der Waals surface area contributed by atoms with Gasteiger partial charge in [-0.3, -0.25) is 4.79 Å². The number of carbonyl (C=O) groups is 1. The van der Waals surface area contributed by atoms with Crippen LogP contribution in [0.5, 0.6) is 0 Å². The van der Waals surface area contributed by atoms with Gasteiger partial charge in [-0.25, -0.2) is 0 Å². The molecular weight excluding hydrogens is 200 g/mol. The van der Waals surface area contributed by atoms with Gasteiger partial charge in [-0.05, 0) is 30.7 Å². The van der Waals surface area contributed by atoms with Gasteiger partial charge >= 0.3 is 0 Å². The SMILES string of the molecule is C#CCNc1ccc(N2CCCC2=O)cc1. The molecule has 1 aliphatic heterocycles. The van der Waals surface area contributed by atoms with Gasteiger partial charge in [-0.15, -0.1) is 6.42 Å². The second kappa shape index (κ2) is 4.71. The molecule has 1 N–H and O–H groups in total. The summed E-state index contributed by atoms with van der Waals surface area (Å²) >= 11 is 0. The highest BCUT2D eigenvalue weighted by molar-refractivity contribution is 5.95. The van der Waals surface area contributed by atoms with E-state index in [1.807, 2.05) is 29.2 Å². The van der Waals surface area contributed by atoms with Crippen molar-refractivity contribution in [1.82, 2.24) is 0 Å². The summed E-state index contributed by atoms with van der Waals surface area (Å²) in [6, 6.07) is 7.78. The van der Waals surface area contributed by atoms with Gasteiger partial charge in [-0.1, -0.05) is 5.92 Å². The zero-order valence-electron chi connectivity index (χ0n) is 9.07. The quantitative estimate of drug-likeness (QED) is 0.779. The summed E-state index contributed by atoms with van der Waals surface area (Å²) in [6.45, 7) is 1.35. The van der Waals surface area contributed by atoms with Gasteiger partial charge in [0, 0.05) is 24.3 Å². The number of nitrogens with one attached hydrogen (secondary N) is 1. The number of rotatable bonds is 3. The molecule has 1 aromatic carbocycles. The number of terminal acetylenes is 1. The molecule has 16 heavy (non-hydrogen) atoms. The van der Waals surface area contributed by atoms with Crippen LogP contribution in [0.2, 0.25) is 0 Å². The molecule has 1 amide bonds. The molecule has 1 fully saturated rings. The molecule has 3 nitrogen and oxygen atoms in total. The van der Waals surface area contributed by atoms with Gasteiger partial charge in [0.15, 0.2) is 0 Å². The van der Waals surface area contributed by atoms with E-state index in [0.29, 0.717) is 13.0 Å². The summed E-state index contributed by atoms with van der Waals surface area (Å²) in [4.78, 5) is 13.3. The highest BCUT2D eigenvalue weighted by Gasteiger charge is 2.21. The lowest BCUT2D eigenvalue weighted by atomic mass is 10.2. The van der Waals surface area contributed by atoms with Gasteiger partial charge in [0.2, 0.25) is 5.91 Å². The number of nitrogens with zero attached hydrogens (tertiary/aromatic N) is 1. The molecule has 0 bridgehead atoms. The first-order chi connectivity index (χ1) is 7.81. The van der Waals surface area contributed by atoms with Gasteiger partial charge < -0.3 is 10.2 Å². The molecule has 1 saturated heterocycles. The normalized spacial score (nSPS) is 14.9. The Morgan fingerprint density at radius 2 is 2.12 bits per heavy atom. The molecule has 0 saturated carbocycles. The van der Waals surface area contributed by atoms with Crippen LogP contribution in [0.1, 0.15) is 12.8 Å². The maximum absolute atomic E-state index is 11.5. The third-order valence-corrected chi connectivity index (χ3v) is 2.65. The van der Waals surface area contributed by atoms with Gasteiger partial charge in [0.1, 0.15) is 0 Å². The average molecular weight is 214 g/mol. The van der Waals surface area contributed by atoms with E-state index in [-0.39, 0.29) is 5.91 Å². The molecule has 0 aromatic heterocycles. The molecule has 0 radical (unpaired) electrons. The van der Waals surface area contributed by atoms with Crippen LogP contribution in [0, 0.1) is 12.3 Å². The molecular formula is C13H14N2O. The van der Waals surface area contributed by atoms with Crippen molar-refractivity contribution < 1.29 is 4.79 Å². The van der Waals surface area contributed by atoms with Crippen molar-refractivity contribution in [2.24, 2.45) is 0 Å². The van der Waals surface area contributed by atoms with Crippen LogP contribution in [0.3, 0.4) is 0 Å². The number of hydrogen-bond donors (Lipinski definition) is 1. The van der Waals surface area contributed by atoms with E-state index in [1.165, 1.54) is 0 Å². The minimum atomic E-state index is 0.212. The van der Waals surface area contributed by atoms with Crippen LogP contribution < -0.4 is 10.2 Å². The molecule has 0 unspecified atom stereocenters. The Balaban J connectivity index is 2.07. The van der Waals surface area contributed by atoms with E-state index < -0.39 is 0 Å². The van der Waals surface area contributed by atoms with Crippen molar-refractivity contribution in [3.05, 3.63) is 24.3 Å². The molecule has 2 rings (SSSR count). The summed E-state index contributed by atoms with van der Waals surface area (Å²) < 4.78 is 0. The molecule has 1 aromatic rings. The third kappa shape index (κ3) is 2.17. The highest BCUT2D eigenvalue weighted by Crippen LogP contribution is 2.22. The monoisotopic (exact) mass is 214 g/mol. The van der Waals surface area contributed by atoms with Crippen molar-refractivity contribution in [2.75, 3.05) is 23.3 Å². The molecule has 0 aliphatic carbocycles. The molecule has 82 valence electrons. The van der Waals surface area contributed by atoms with E-state index in [4.69, 9.17) is 6.42 Å². The Bertz CT molecular complexity index is 417. The number of amides is 1.